The highest BCUT2D eigenvalue weighted by Crippen LogP contribution is 2.30. The van der Waals surface area contributed by atoms with Crippen molar-refractivity contribution < 1.29 is 27.2 Å². The molecule has 0 spiro atoms. The summed E-state index contributed by atoms with van der Waals surface area (Å²) in [5.41, 5.74) is 0.323. The standard InChI is InChI=1S/C26H23F3N6O3/c1-16-8-9-19(33-24(36)17-5-3-6-18(11-17)26(27,28)29)12-21(16)34-25(37)35(2)23-13-22(31-15-32-23)30-14-20-7-4-10-38-20/h3-13,15H,14H2,1-2H3,(H,33,36)(H,34,37)(H,30,31,32). The number of anilines is 4. The Morgan fingerprint density at radius 3 is 2.55 bits per heavy atom. The molecule has 0 atom stereocenters. The largest absolute Gasteiger partial charge is 0.467 e. The van der Waals surface area contributed by atoms with Crippen LogP contribution in [0.1, 0.15) is 27.2 Å². The summed E-state index contributed by atoms with van der Waals surface area (Å²) < 4.78 is 44.3. The molecule has 3 amide bonds. The summed E-state index contributed by atoms with van der Waals surface area (Å²) in [4.78, 5) is 35.1. The minimum atomic E-state index is -4.57. The molecule has 0 fully saturated rings. The summed E-state index contributed by atoms with van der Waals surface area (Å²) in [6.07, 6.45) is -1.68. The molecule has 4 rings (SSSR count). The molecule has 196 valence electrons. The molecule has 0 bridgehead atoms. The zero-order chi connectivity index (χ0) is 27.3. The Hall–Kier alpha value is -4.87. The number of hydrogen-bond donors (Lipinski definition) is 3. The number of aromatic nitrogens is 2. The number of nitrogens with zero attached hydrogens (tertiary/aromatic N) is 3. The molecule has 2 aromatic heterocycles. The van der Waals surface area contributed by atoms with E-state index in [1.165, 1.54) is 36.5 Å². The fourth-order valence-corrected chi connectivity index (χ4v) is 3.40. The van der Waals surface area contributed by atoms with Crippen LogP contribution in [0.25, 0.3) is 0 Å². The molecule has 4 aromatic rings. The van der Waals surface area contributed by atoms with Crippen molar-refractivity contribution in [3.05, 3.63) is 95.7 Å². The second kappa shape index (κ2) is 11.0. The van der Waals surface area contributed by atoms with Crippen molar-refractivity contribution in [3.63, 3.8) is 0 Å². The summed E-state index contributed by atoms with van der Waals surface area (Å²) in [7, 11) is 1.53. The van der Waals surface area contributed by atoms with Crippen LogP contribution in [0.2, 0.25) is 0 Å². The molecule has 0 radical (unpaired) electrons. The van der Waals surface area contributed by atoms with Crippen molar-refractivity contribution in [2.45, 2.75) is 19.6 Å². The van der Waals surface area contributed by atoms with E-state index in [1.807, 2.05) is 6.07 Å². The number of alkyl halides is 3. The highest BCUT2D eigenvalue weighted by Gasteiger charge is 2.31. The number of halogens is 3. The van der Waals surface area contributed by atoms with Crippen molar-refractivity contribution in [2.75, 3.05) is 27.9 Å². The minimum Gasteiger partial charge on any atom is -0.467 e. The fraction of sp³-hybridized carbons (Fsp3) is 0.154. The average Bonchev–Trinajstić information content (AvgIpc) is 3.42. The summed E-state index contributed by atoms with van der Waals surface area (Å²) in [6.45, 7) is 2.16. The molecule has 3 N–H and O–H groups in total. The van der Waals surface area contributed by atoms with E-state index in [9.17, 15) is 22.8 Å². The molecule has 38 heavy (non-hydrogen) atoms. The first-order valence-corrected chi connectivity index (χ1v) is 11.3. The van der Waals surface area contributed by atoms with Gasteiger partial charge in [-0.2, -0.15) is 13.2 Å². The minimum absolute atomic E-state index is 0.147. The molecular formula is C26H23F3N6O3. The van der Waals surface area contributed by atoms with Crippen LogP contribution in [-0.2, 0) is 12.7 Å². The van der Waals surface area contributed by atoms with Crippen molar-refractivity contribution >= 4 is 34.9 Å². The summed E-state index contributed by atoms with van der Waals surface area (Å²) in [5.74, 6) is 0.810. The molecular weight excluding hydrogens is 501 g/mol. The number of carbonyl (C=O) groups excluding carboxylic acids is 2. The number of benzene rings is 2. The first kappa shape index (κ1) is 26.2. The average molecular weight is 525 g/mol. The van der Waals surface area contributed by atoms with E-state index in [4.69, 9.17) is 4.42 Å². The highest BCUT2D eigenvalue weighted by molar-refractivity contribution is 6.05. The van der Waals surface area contributed by atoms with E-state index in [-0.39, 0.29) is 5.56 Å². The molecule has 0 saturated carbocycles. The predicted molar refractivity (Wildman–Crippen MR) is 136 cm³/mol. The van der Waals surface area contributed by atoms with Gasteiger partial charge in [-0.25, -0.2) is 14.8 Å². The third kappa shape index (κ3) is 6.46. The molecule has 0 aliphatic heterocycles. The van der Waals surface area contributed by atoms with Gasteiger partial charge in [-0.15, -0.1) is 0 Å². The van der Waals surface area contributed by atoms with Crippen LogP contribution in [0, 0.1) is 6.92 Å². The molecule has 2 aromatic carbocycles. The summed E-state index contributed by atoms with van der Waals surface area (Å²) >= 11 is 0. The van der Waals surface area contributed by atoms with E-state index in [0.29, 0.717) is 40.9 Å². The van der Waals surface area contributed by atoms with Crippen LogP contribution >= 0.6 is 0 Å². The number of aryl methyl sites for hydroxylation is 1. The lowest BCUT2D eigenvalue weighted by atomic mass is 10.1. The van der Waals surface area contributed by atoms with Crippen LogP contribution < -0.4 is 20.9 Å². The van der Waals surface area contributed by atoms with Crippen LogP contribution in [0.15, 0.2) is 77.7 Å². The van der Waals surface area contributed by atoms with Gasteiger partial charge in [0, 0.05) is 30.1 Å². The van der Waals surface area contributed by atoms with Crippen molar-refractivity contribution in [1.82, 2.24) is 9.97 Å². The summed E-state index contributed by atoms with van der Waals surface area (Å²) in [6, 6.07) is 13.6. The van der Waals surface area contributed by atoms with Gasteiger partial charge in [0.1, 0.15) is 23.7 Å². The molecule has 0 aliphatic carbocycles. The van der Waals surface area contributed by atoms with E-state index >= 15 is 0 Å². The molecule has 12 heteroatoms. The molecule has 9 nitrogen and oxygen atoms in total. The Balaban J connectivity index is 1.43. The van der Waals surface area contributed by atoms with Gasteiger partial charge in [0.05, 0.1) is 18.4 Å². The third-order valence-electron chi connectivity index (χ3n) is 5.51. The molecule has 0 saturated heterocycles. The highest BCUT2D eigenvalue weighted by atomic mass is 19.4. The lowest BCUT2D eigenvalue weighted by Gasteiger charge is -2.19. The Bertz CT molecular complexity index is 1440. The first-order chi connectivity index (χ1) is 18.1. The maximum atomic E-state index is 13.0. The molecule has 0 aliphatic rings. The zero-order valence-corrected chi connectivity index (χ0v) is 20.3. The van der Waals surface area contributed by atoms with Gasteiger partial charge in [-0.1, -0.05) is 12.1 Å². The van der Waals surface area contributed by atoms with Crippen LogP contribution in [-0.4, -0.2) is 29.0 Å². The zero-order valence-electron chi connectivity index (χ0n) is 20.3. The van der Waals surface area contributed by atoms with Gasteiger partial charge in [-0.05, 0) is 55.0 Å². The molecule has 0 unspecified atom stereocenters. The number of urea groups is 1. The van der Waals surface area contributed by atoms with E-state index in [0.717, 1.165) is 12.1 Å². The van der Waals surface area contributed by atoms with Gasteiger partial charge in [0.2, 0.25) is 0 Å². The number of rotatable bonds is 7. The monoisotopic (exact) mass is 524 g/mol. The van der Waals surface area contributed by atoms with Crippen molar-refractivity contribution in [3.8, 4) is 0 Å². The Kier molecular flexibility index (Phi) is 7.61. The van der Waals surface area contributed by atoms with Crippen LogP contribution in [0.5, 0.6) is 0 Å². The number of hydrogen-bond acceptors (Lipinski definition) is 6. The maximum Gasteiger partial charge on any atom is 0.416 e. The SMILES string of the molecule is Cc1ccc(NC(=O)c2cccc(C(F)(F)F)c2)cc1NC(=O)N(C)c1cc(NCc2ccco2)ncn1. The lowest BCUT2D eigenvalue weighted by Crippen LogP contribution is -2.32. The van der Waals surface area contributed by atoms with Gasteiger partial charge in [0.25, 0.3) is 5.91 Å². The van der Waals surface area contributed by atoms with Gasteiger partial charge in [0.15, 0.2) is 0 Å². The van der Waals surface area contributed by atoms with Crippen LogP contribution in [0.4, 0.5) is 41.0 Å². The van der Waals surface area contributed by atoms with Gasteiger partial charge in [-0.3, -0.25) is 9.69 Å². The number of amides is 3. The Morgan fingerprint density at radius 1 is 1.00 bits per heavy atom. The quantitative estimate of drug-likeness (QED) is 0.276. The number of furan rings is 1. The van der Waals surface area contributed by atoms with Crippen molar-refractivity contribution in [1.29, 1.82) is 0 Å². The number of nitrogens with one attached hydrogen (secondary N) is 3. The van der Waals surface area contributed by atoms with Crippen molar-refractivity contribution in [2.24, 2.45) is 0 Å². The normalized spacial score (nSPS) is 11.1. The predicted octanol–water partition coefficient (Wildman–Crippen LogP) is 5.93. The lowest BCUT2D eigenvalue weighted by molar-refractivity contribution is -0.137. The fourth-order valence-electron chi connectivity index (χ4n) is 3.40. The maximum absolute atomic E-state index is 13.0. The first-order valence-electron chi connectivity index (χ1n) is 11.3. The Labute approximate surface area is 215 Å². The third-order valence-corrected chi connectivity index (χ3v) is 5.51. The van der Waals surface area contributed by atoms with Gasteiger partial charge >= 0.3 is 12.2 Å². The van der Waals surface area contributed by atoms with Gasteiger partial charge < -0.3 is 20.4 Å². The van der Waals surface area contributed by atoms with E-state index in [2.05, 4.69) is 25.9 Å². The number of carbonyl (C=O) groups is 2. The second-order valence-electron chi connectivity index (χ2n) is 8.25. The van der Waals surface area contributed by atoms with E-state index < -0.39 is 23.7 Å². The van der Waals surface area contributed by atoms with E-state index in [1.54, 1.807) is 37.5 Å². The van der Waals surface area contributed by atoms with Crippen LogP contribution in [0.3, 0.4) is 0 Å². The smallest absolute Gasteiger partial charge is 0.416 e. The Morgan fingerprint density at radius 2 is 1.82 bits per heavy atom. The second-order valence-corrected chi connectivity index (χ2v) is 8.25. The summed E-state index contributed by atoms with van der Waals surface area (Å²) in [5, 5.41) is 8.40. The topological polar surface area (TPSA) is 112 Å². The molecule has 2 heterocycles.